The summed E-state index contributed by atoms with van der Waals surface area (Å²) in [4.78, 5) is 11.8. The van der Waals surface area contributed by atoms with Crippen LogP contribution < -0.4 is 5.32 Å². The lowest BCUT2D eigenvalue weighted by atomic mass is 10.1. The lowest BCUT2D eigenvalue weighted by Crippen LogP contribution is -2.24. The average Bonchev–Trinajstić information content (AvgIpc) is 2.47. The highest BCUT2D eigenvalue weighted by Crippen LogP contribution is 2.06. The minimum absolute atomic E-state index is 0.124. The van der Waals surface area contributed by atoms with Gasteiger partial charge in [-0.3, -0.25) is 4.79 Å². The maximum Gasteiger partial charge on any atom is 0.224 e. The van der Waals surface area contributed by atoms with E-state index in [9.17, 15) is 9.18 Å². The van der Waals surface area contributed by atoms with Gasteiger partial charge in [-0.15, -0.1) is 0 Å². The fraction of sp³-hybridized carbons (Fsp3) is 0.235. The predicted molar refractivity (Wildman–Crippen MR) is 79.1 cm³/mol. The Bertz CT molecular complexity index is 596. The van der Waals surface area contributed by atoms with Crippen molar-refractivity contribution in [3.8, 4) is 0 Å². The summed E-state index contributed by atoms with van der Waals surface area (Å²) in [6.07, 6.45) is 0.180. The maximum absolute atomic E-state index is 13.0. The van der Waals surface area contributed by atoms with Gasteiger partial charge in [0.1, 0.15) is 5.82 Å². The van der Waals surface area contributed by atoms with Crippen molar-refractivity contribution in [2.45, 2.75) is 19.6 Å². The summed E-state index contributed by atoms with van der Waals surface area (Å²) in [7, 11) is 1.65. The molecule has 2 rings (SSSR count). The Morgan fingerprint density at radius 3 is 2.48 bits per heavy atom. The van der Waals surface area contributed by atoms with Crippen molar-refractivity contribution in [3.63, 3.8) is 0 Å². The Hall–Kier alpha value is -2.20. The van der Waals surface area contributed by atoms with Gasteiger partial charge in [0.25, 0.3) is 0 Å². The molecule has 0 aliphatic heterocycles. The number of ether oxygens (including phenoxy) is 1. The van der Waals surface area contributed by atoms with Gasteiger partial charge in [-0.2, -0.15) is 0 Å². The second kappa shape index (κ2) is 7.55. The molecule has 0 spiro atoms. The van der Waals surface area contributed by atoms with Crippen LogP contribution >= 0.6 is 0 Å². The number of carbonyl (C=O) groups excluding carboxylic acids is 1. The zero-order valence-electron chi connectivity index (χ0n) is 11.9. The first-order chi connectivity index (χ1) is 10.2. The van der Waals surface area contributed by atoms with Crippen molar-refractivity contribution in [3.05, 3.63) is 71.0 Å². The first-order valence-electron chi connectivity index (χ1n) is 6.75. The number of hydrogen-bond donors (Lipinski definition) is 1. The molecule has 0 saturated heterocycles. The highest BCUT2D eigenvalue weighted by atomic mass is 19.1. The largest absolute Gasteiger partial charge is 0.380 e. The molecule has 1 amide bonds. The van der Waals surface area contributed by atoms with Crippen molar-refractivity contribution in [1.29, 1.82) is 0 Å². The molecular formula is C17H18FNO2. The summed E-state index contributed by atoms with van der Waals surface area (Å²) in [6.45, 7) is 1.04. The molecule has 4 heteroatoms. The van der Waals surface area contributed by atoms with Gasteiger partial charge in [-0.25, -0.2) is 4.39 Å². The van der Waals surface area contributed by atoms with E-state index in [0.717, 1.165) is 11.1 Å². The number of halogens is 1. The Kier molecular flexibility index (Phi) is 5.46. The SMILES string of the molecule is COCc1ccc(CNC(=O)Cc2cccc(F)c2)cc1. The molecule has 0 atom stereocenters. The quantitative estimate of drug-likeness (QED) is 0.887. The molecule has 0 bridgehead atoms. The van der Waals surface area contributed by atoms with Crippen LogP contribution in [0.5, 0.6) is 0 Å². The van der Waals surface area contributed by atoms with Crippen molar-refractivity contribution < 1.29 is 13.9 Å². The van der Waals surface area contributed by atoms with Crippen LogP contribution in [0.4, 0.5) is 4.39 Å². The first kappa shape index (κ1) is 15.2. The zero-order valence-corrected chi connectivity index (χ0v) is 11.9. The second-order valence-electron chi connectivity index (χ2n) is 4.83. The number of amides is 1. The van der Waals surface area contributed by atoms with E-state index in [1.165, 1.54) is 12.1 Å². The summed E-state index contributed by atoms with van der Waals surface area (Å²) < 4.78 is 18.1. The van der Waals surface area contributed by atoms with Crippen LogP contribution in [-0.2, 0) is 29.1 Å². The van der Waals surface area contributed by atoms with E-state index in [-0.39, 0.29) is 18.1 Å². The maximum atomic E-state index is 13.0. The third-order valence-corrected chi connectivity index (χ3v) is 3.08. The van der Waals surface area contributed by atoms with Gasteiger partial charge >= 0.3 is 0 Å². The van der Waals surface area contributed by atoms with Gasteiger partial charge < -0.3 is 10.1 Å². The molecule has 0 aliphatic rings. The number of nitrogens with one attached hydrogen (secondary N) is 1. The summed E-state index contributed by atoms with van der Waals surface area (Å²) in [5.41, 5.74) is 2.78. The Morgan fingerprint density at radius 2 is 1.81 bits per heavy atom. The summed E-state index contributed by atoms with van der Waals surface area (Å²) in [5, 5.41) is 2.83. The van der Waals surface area contributed by atoms with E-state index in [0.29, 0.717) is 18.7 Å². The lowest BCUT2D eigenvalue weighted by molar-refractivity contribution is -0.120. The molecular weight excluding hydrogens is 269 g/mol. The van der Waals surface area contributed by atoms with E-state index in [2.05, 4.69) is 5.32 Å². The van der Waals surface area contributed by atoms with E-state index in [1.807, 2.05) is 24.3 Å². The fourth-order valence-electron chi connectivity index (χ4n) is 2.02. The van der Waals surface area contributed by atoms with Gasteiger partial charge in [-0.1, -0.05) is 36.4 Å². The summed E-state index contributed by atoms with van der Waals surface area (Å²) >= 11 is 0. The summed E-state index contributed by atoms with van der Waals surface area (Å²) in [6, 6.07) is 13.9. The number of hydrogen-bond acceptors (Lipinski definition) is 2. The molecule has 0 saturated carbocycles. The van der Waals surface area contributed by atoms with Crippen molar-refractivity contribution in [2.24, 2.45) is 0 Å². The highest BCUT2D eigenvalue weighted by molar-refractivity contribution is 5.78. The van der Waals surface area contributed by atoms with Crippen molar-refractivity contribution in [2.75, 3.05) is 7.11 Å². The molecule has 21 heavy (non-hydrogen) atoms. The fourth-order valence-corrected chi connectivity index (χ4v) is 2.02. The minimum Gasteiger partial charge on any atom is -0.380 e. The molecule has 0 fully saturated rings. The molecule has 0 aromatic heterocycles. The van der Waals surface area contributed by atoms with Crippen molar-refractivity contribution in [1.82, 2.24) is 5.32 Å². The van der Waals surface area contributed by atoms with E-state index in [1.54, 1.807) is 19.2 Å². The van der Waals surface area contributed by atoms with Gasteiger partial charge in [0.05, 0.1) is 13.0 Å². The molecule has 0 radical (unpaired) electrons. The van der Waals surface area contributed by atoms with Crippen LogP contribution in [0.1, 0.15) is 16.7 Å². The Morgan fingerprint density at radius 1 is 1.10 bits per heavy atom. The first-order valence-corrected chi connectivity index (χ1v) is 6.75. The number of benzene rings is 2. The third-order valence-electron chi connectivity index (χ3n) is 3.08. The predicted octanol–water partition coefficient (Wildman–Crippen LogP) is 2.83. The monoisotopic (exact) mass is 287 g/mol. The van der Waals surface area contributed by atoms with Crippen LogP contribution in [0.3, 0.4) is 0 Å². The Labute approximate surface area is 123 Å². The molecule has 1 N–H and O–H groups in total. The van der Waals surface area contributed by atoms with Crippen LogP contribution in [0.2, 0.25) is 0 Å². The zero-order chi connectivity index (χ0) is 15.1. The van der Waals surface area contributed by atoms with E-state index in [4.69, 9.17) is 4.74 Å². The highest BCUT2D eigenvalue weighted by Gasteiger charge is 2.04. The number of methoxy groups -OCH3 is 1. The average molecular weight is 287 g/mol. The molecule has 0 aliphatic carbocycles. The lowest BCUT2D eigenvalue weighted by Gasteiger charge is -2.07. The van der Waals surface area contributed by atoms with Crippen molar-refractivity contribution >= 4 is 5.91 Å². The van der Waals surface area contributed by atoms with E-state index >= 15 is 0 Å². The molecule has 0 heterocycles. The third kappa shape index (κ3) is 5.00. The van der Waals surface area contributed by atoms with Gasteiger partial charge in [0.15, 0.2) is 0 Å². The molecule has 0 unspecified atom stereocenters. The van der Waals surface area contributed by atoms with Crippen LogP contribution in [0.25, 0.3) is 0 Å². The van der Waals surface area contributed by atoms with Gasteiger partial charge in [0.2, 0.25) is 5.91 Å². The summed E-state index contributed by atoms with van der Waals surface area (Å²) in [5.74, 6) is -0.449. The topological polar surface area (TPSA) is 38.3 Å². The molecule has 3 nitrogen and oxygen atoms in total. The molecule has 2 aromatic carbocycles. The second-order valence-corrected chi connectivity index (χ2v) is 4.83. The minimum atomic E-state index is -0.325. The van der Waals surface area contributed by atoms with Crippen LogP contribution in [-0.4, -0.2) is 13.0 Å². The number of carbonyl (C=O) groups is 1. The normalized spacial score (nSPS) is 10.4. The van der Waals surface area contributed by atoms with Gasteiger partial charge in [-0.05, 0) is 28.8 Å². The van der Waals surface area contributed by atoms with Crippen LogP contribution in [0, 0.1) is 5.82 Å². The number of rotatable bonds is 6. The Balaban J connectivity index is 1.83. The van der Waals surface area contributed by atoms with Gasteiger partial charge in [0, 0.05) is 13.7 Å². The standard InChI is InChI=1S/C17H18FNO2/c1-21-12-14-7-5-13(6-8-14)11-19-17(20)10-15-3-2-4-16(18)9-15/h2-9H,10-12H2,1H3,(H,19,20). The molecule has 110 valence electrons. The van der Waals surface area contributed by atoms with Crippen LogP contribution in [0.15, 0.2) is 48.5 Å². The molecule has 2 aromatic rings. The smallest absolute Gasteiger partial charge is 0.224 e. The van der Waals surface area contributed by atoms with E-state index < -0.39 is 0 Å².